The van der Waals surface area contributed by atoms with E-state index in [-0.39, 0.29) is 5.02 Å². The summed E-state index contributed by atoms with van der Waals surface area (Å²) in [6.07, 6.45) is 5.26. The van der Waals surface area contributed by atoms with E-state index in [9.17, 15) is 4.39 Å². The lowest BCUT2D eigenvalue weighted by Gasteiger charge is -2.07. The Hall–Kier alpha value is -1.66. The van der Waals surface area contributed by atoms with Gasteiger partial charge in [-0.05, 0) is 34.1 Å². The number of aromatic nitrogens is 3. The molecule has 2 heterocycles. The Morgan fingerprint density at radius 3 is 2.95 bits per heavy atom. The number of nitrogens with one attached hydrogen (secondary N) is 1. The van der Waals surface area contributed by atoms with Gasteiger partial charge in [0, 0.05) is 11.9 Å². The zero-order chi connectivity index (χ0) is 14.1. The van der Waals surface area contributed by atoms with Crippen molar-refractivity contribution in [2.75, 3.05) is 5.32 Å². The number of rotatable bonds is 3. The summed E-state index contributed by atoms with van der Waals surface area (Å²) in [5.74, 6) is -0.443. The second kappa shape index (κ2) is 5.38. The van der Waals surface area contributed by atoms with Gasteiger partial charge in [0.2, 0.25) is 0 Å². The van der Waals surface area contributed by atoms with Crippen LogP contribution in [0.25, 0.3) is 5.65 Å². The Balaban J connectivity index is 1.83. The van der Waals surface area contributed by atoms with E-state index in [0.717, 1.165) is 15.9 Å². The number of hydrogen-bond acceptors (Lipinski definition) is 3. The zero-order valence-corrected chi connectivity index (χ0v) is 12.5. The van der Waals surface area contributed by atoms with Crippen molar-refractivity contribution in [3.63, 3.8) is 0 Å². The number of fused-ring (bicyclic) bond motifs is 1. The van der Waals surface area contributed by atoms with Crippen LogP contribution in [0.3, 0.4) is 0 Å². The van der Waals surface area contributed by atoms with Crippen molar-refractivity contribution in [3.05, 3.63) is 57.9 Å². The molecular formula is C13H9BrClFN4. The standard InChI is InChI=1S/C13H9BrClFN4/c14-12-7-20-9(5-19-13(20)6-18-12)4-17-8-1-2-10(15)11(16)3-8/h1-3,5-7,17H,4H2. The Morgan fingerprint density at radius 1 is 1.30 bits per heavy atom. The maximum Gasteiger partial charge on any atom is 0.155 e. The summed E-state index contributed by atoms with van der Waals surface area (Å²) in [5.41, 5.74) is 2.36. The third-order valence-electron chi connectivity index (χ3n) is 2.83. The third kappa shape index (κ3) is 2.62. The van der Waals surface area contributed by atoms with Gasteiger partial charge in [0.25, 0.3) is 0 Å². The average Bonchev–Trinajstić information content (AvgIpc) is 2.82. The first-order valence-electron chi connectivity index (χ1n) is 5.80. The van der Waals surface area contributed by atoms with Gasteiger partial charge in [0.05, 0.1) is 29.7 Å². The van der Waals surface area contributed by atoms with Crippen LogP contribution in [0.15, 0.2) is 41.4 Å². The molecule has 20 heavy (non-hydrogen) atoms. The van der Waals surface area contributed by atoms with Gasteiger partial charge in [-0.25, -0.2) is 14.4 Å². The quantitative estimate of drug-likeness (QED) is 0.775. The van der Waals surface area contributed by atoms with Crippen LogP contribution in [0.1, 0.15) is 5.69 Å². The molecule has 2 aromatic heterocycles. The van der Waals surface area contributed by atoms with Gasteiger partial charge < -0.3 is 5.32 Å². The molecular weight excluding hydrogens is 347 g/mol. The fourth-order valence-corrected chi connectivity index (χ4v) is 2.27. The lowest BCUT2D eigenvalue weighted by Crippen LogP contribution is -2.03. The molecule has 0 aliphatic heterocycles. The minimum atomic E-state index is -0.443. The van der Waals surface area contributed by atoms with Gasteiger partial charge in [-0.1, -0.05) is 11.6 Å². The highest BCUT2D eigenvalue weighted by molar-refractivity contribution is 9.10. The molecule has 1 N–H and O–H groups in total. The molecule has 4 nitrogen and oxygen atoms in total. The number of halogens is 3. The number of hydrogen-bond donors (Lipinski definition) is 1. The molecule has 0 bridgehead atoms. The Bertz CT molecular complexity index is 774. The SMILES string of the molecule is Fc1cc(NCc2cnc3cnc(Br)cn23)ccc1Cl. The molecule has 0 aliphatic carbocycles. The first-order valence-corrected chi connectivity index (χ1v) is 6.97. The highest BCUT2D eigenvalue weighted by Gasteiger charge is 2.05. The summed E-state index contributed by atoms with van der Waals surface area (Å²) in [5, 5.41) is 3.24. The highest BCUT2D eigenvalue weighted by atomic mass is 79.9. The second-order valence-corrected chi connectivity index (χ2v) is 5.39. The topological polar surface area (TPSA) is 42.2 Å². The lowest BCUT2D eigenvalue weighted by molar-refractivity contribution is 0.628. The smallest absolute Gasteiger partial charge is 0.155 e. The number of imidazole rings is 1. The maximum absolute atomic E-state index is 13.3. The molecule has 102 valence electrons. The first kappa shape index (κ1) is 13.3. The minimum Gasteiger partial charge on any atom is -0.379 e. The van der Waals surface area contributed by atoms with Crippen molar-refractivity contribution < 1.29 is 4.39 Å². The Morgan fingerprint density at radius 2 is 2.15 bits per heavy atom. The Kier molecular flexibility index (Phi) is 3.58. The molecule has 0 saturated carbocycles. The van der Waals surface area contributed by atoms with Gasteiger partial charge in [-0.15, -0.1) is 0 Å². The molecule has 0 radical (unpaired) electrons. The maximum atomic E-state index is 13.3. The normalized spacial score (nSPS) is 10.9. The predicted molar refractivity (Wildman–Crippen MR) is 79.4 cm³/mol. The number of benzene rings is 1. The minimum absolute atomic E-state index is 0.111. The van der Waals surface area contributed by atoms with Crippen molar-refractivity contribution in [1.29, 1.82) is 0 Å². The van der Waals surface area contributed by atoms with Crippen LogP contribution in [0.2, 0.25) is 5.02 Å². The highest BCUT2D eigenvalue weighted by Crippen LogP contribution is 2.19. The van der Waals surface area contributed by atoms with E-state index < -0.39 is 5.82 Å². The van der Waals surface area contributed by atoms with Crippen LogP contribution in [0.4, 0.5) is 10.1 Å². The van der Waals surface area contributed by atoms with Crippen LogP contribution in [-0.4, -0.2) is 14.4 Å². The Labute approximate surface area is 127 Å². The molecule has 0 saturated heterocycles. The van der Waals surface area contributed by atoms with Crippen LogP contribution >= 0.6 is 27.5 Å². The van der Waals surface area contributed by atoms with Crippen LogP contribution < -0.4 is 5.32 Å². The monoisotopic (exact) mass is 354 g/mol. The number of nitrogens with zero attached hydrogens (tertiary/aromatic N) is 3. The van der Waals surface area contributed by atoms with Crippen molar-refractivity contribution in [2.24, 2.45) is 0 Å². The summed E-state index contributed by atoms with van der Waals surface area (Å²) < 4.78 is 16.0. The summed E-state index contributed by atoms with van der Waals surface area (Å²) in [6.45, 7) is 0.513. The van der Waals surface area contributed by atoms with E-state index in [1.807, 2.05) is 10.6 Å². The molecule has 0 aliphatic rings. The molecule has 0 spiro atoms. The molecule has 3 aromatic rings. The summed E-state index contributed by atoms with van der Waals surface area (Å²) in [6, 6.07) is 4.61. The summed E-state index contributed by atoms with van der Waals surface area (Å²) in [4.78, 5) is 8.36. The molecule has 0 unspecified atom stereocenters. The number of anilines is 1. The van der Waals surface area contributed by atoms with Gasteiger partial charge in [-0.3, -0.25) is 4.40 Å². The van der Waals surface area contributed by atoms with Crippen molar-refractivity contribution in [1.82, 2.24) is 14.4 Å². The van der Waals surface area contributed by atoms with Gasteiger partial charge in [0.1, 0.15) is 10.4 Å². The average molecular weight is 356 g/mol. The van der Waals surface area contributed by atoms with Crippen molar-refractivity contribution >= 4 is 38.9 Å². The van der Waals surface area contributed by atoms with E-state index in [4.69, 9.17) is 11.6 Å². The molecule has 3 rings (SSSR count). The molecule has 7 heteroatoms. The fourth-order valence-electron chi connectivity index (χ4n) is 1.85. The predicted octanol–water partition coefficient (Wildman–Crippen LogP) is 3.90. The van der Waals surface area contributed by atoms with Gasteiger partial charge in [0.15, 0.2) is 5.65 Å². The van der Waals surface area contributed by atoms with Crippen molar-refractivity contribution in [3.8, 4) is 0 Å². The second-order valence-electron chi connectivity index (χ2n) is 4.17. The summed E-state index contributed by atoms with van der Waals surface area (Å²) in [7, 11) is 0. The lowest BCUT2D eigenvalue weighted by atomic mass is 10.3. The fraction of sp³-hybridized carbons (Fsp3) is 0.0769. The molecule has 0 amide bonds. The van der Waals surface area contributed by atoms with E-state index >= 15 is 0 Å². The van der Waals surface area contributed by atoms with E-state index in [1.54, 1.807) is 18.5 Å². The molecule has 0 atom stereocenters. The molecule has 1 aromatic carbocycles. The summed E-state index contributed by atoms with van der Waals surface area (Å²) >= 11 is 8.97. The van der Waals surface area contributed by atoms with E-state index in [2.05, 4.69) is 31.2 Å². The van der Waals surface area contributed by atoms with Crippen LogP contribution in [-0.2, 0) is 6.54 Å². The van der Waals surface area contributed by atoms with Crippen LogP contribution in [0, 0.1) is 5.82 Å². The van der Waals surface area contributed by atoms with E-state index in [1.165, 1.54) is 12.1 Å². The van der Waals surface area contributed by atoms with Crippen molar-refractivity contribution in [2.45, 2.75) is 6.54 Å². The zero-order valence-electron chi connectivity index (χ0n) is 10.1. The third-order valence-corrected chi connectivity index (χ3v) is 3.55. The van der Waals surface area contributed by atoms with E-state index in [0.29, 0.717) is 12.2 Å². The van der Waals surface area contributed by atoms with Gasteiger partial charge in [-0.2, -0.15) is 0 Å². The largest absolute Gasteiger partial charge is 0.379 e. The molecule has 0 fully saturated rings. The first-order chi connectivity index (χ1) is 9.63. The van der Waals surface area contributed by atoms with Crippen LogP contribution in [0.5, 0.6) is 0 Å². The van der Waals surface area contributed by atoms with Gasteiger partial charge >= 0.3 is 0 Å².